The van der Waals surface area contributed by atoms with Crippen LogP contribution in [0.15, 0.2) is 43.4 Å². The molecule has 0 aliphatic carbocycles. The molecule has 0 aliphatic heterocycles. The van der Waals surface area contributed by atoms with E-state index < -0.39 is 50.6 Å². The SMILES string of the molecule is Cc1[nH]c2cc(=O)c(O)cn2c(=O)c1-c1coc2cc(O)c(O)c(C(=O)O)c2c1=O. The van der Waals surface area contributed by atoms with Crippen molar-refractivity contribution in [3.63, 3.8) is 0 Å². The Morgan fingerprint density at radius 3 is 2.47 bits per heavy atom. The number of nitrogens with zero attached hydrogens (tertiary/aromatic N) is 1. The summed E-state index contributed by atoms with van der Waals surface area (Å²) in [4.78, 5) is 52.1. The molecule has 0 bridgehead atoms. The van der Waals surface area contributed by atoms with Crippen LogP contribution in [-0.2, 0) is 0 Å². The number of hydrogen-bond donors (Lipinski definition) is 5. The summed E-state index contributed by atoms with van der Waals surface area (Å²) < 4.78 is 6.19. The average Bonchev–Trinajstić information content (AvgIpc) is 2.66. The second-order valence-electron chi connectivity index (χ2n) is 6.48. The first-order valence-electron chi connectivity index (χ1n) is 8.34. The quantitative estimate of drug-likeness (QED) is 0.298. The van der Waals surface area contributed by atoms with Crippen molar-refractivity contribution in [1.29, 1.82) is 0 Å². The van der Waals surface area contributed by atoms with Crippen LogP contribution in [-0.4, -0.2) is 35.8 Å². The lowest BCUT2D eigenvalue weighted by Crippen LogP contribution is -2.23. The number of fused-ring (bicyclic) bond motifs is 2. The number of aromatic nitrogens is 2. The second-order valence-corrected chi connectivity index (χ2v) is 6.48. The van der Waals surface area contributed by atoms with Crippen molar-refractivity contribution < 1.29 is 29.6 Å². The fourth-order valence-corrected chi connectivity index (χ4v) is 3.28. The van der Waals surface area contributed by atoms with Crippen LogP contribution < -0.4 is 16.4 Å². The molecule has 11 heteroatoms. The van der Waals surface area contributed by atoms with E-state index in [1.165, 1.54) is 6.92 Å². The third-order valence-electron chi connectivity index (χ3n) is 4.66. The molecule has 30 heavy (non-hydrogen) atoms. The van der Waals surface area contributed by atoms with Crippen LogP contribution in [0.2, 0.25) is 0 Å². The van der Waals surface area contributed by atoms with Crippen molar-refractivity contribution in [2.75, 3.05) is 0 Å². The molecule has 3 heterocycles. The Kier molecular flexibility index (Phi) is 3.91. The Hall–Kier alpha value is -4.54. The lowest BCUT2D eigenvalue weighted by molar-refractivity contribution is 0.0695. The van der Waals surface area contributed by atoms with E-state index in [9.17, 15) is 39.6 Å². The van der Waals surface area contributed by atoms with Crippen molar-refractivity contribution in [2.24, 2.45) is 0 Å². The molecule has 3 aromatic heterocycles. The minimum absolute atomic E-state index is 0.0584. The number of H-pyrrole nitrogens is 1. The molecule has 4 aromatic rings. The average molecular weight is 412 g/mol. The number of pyridine rings is 1. The van der Waals surface area contributed by atoms with Gasteiger partial charge in [0.15, 0.2) is 17.2 Å². The van der Waals surface area contributed by atoms with E-state index in [2.05, 4.69) is 4.98 Å². The topological polar surface area (TPSA) is 183 Å². The third-order valence-corrected chi connectivity index (χ3v) is 4.66. The lowest BCUT2D eigenvalue weighted by atomic mass is 10.0. The summed E-state index contributed by atoms with van der Waals surface area (Å²) in [6.45, 7) is 1.45. The fourth-order valence-electron chi connectivity index (χ4n) is 3.28. The first kappa shape index (κ1) is 18.8. The molecule has 5 N–H and O–H groups in total. The van der Waals surface area contributed by atoms with Crippen LogP contribution in [0.4, 0.5) is 0 Å². The van der Waals surface area contributed by atoms with Gasteiger partial charge in [0.05, 0.1) is 22.7 Å². The number of carboxylic acids is 1. The normalized spacial score (nSPS) is 11.2. The number of phenols is 2. The number of aromatic carboxylic acids is 1. The number of aromatic amines is 1. The van der Waals surface area contributed by atoms with Crippen molar-refractivity contribution in [3.8, 4) is 28.4 Å². The number of aryl methyl sites for hydroxylation is 1. The van der Waals surface area contributed by atoms with E-state index in [0.717, 1.165) is 29.0 Å². The minimum atomic E-state index is -1.69. The fraction of sp³-hybridized carbons (Fsp3) is 0.0526. The Morgan fingerprint density at radius 2 is 1.80 bits per heavy atom. The van der Waals surface area contributed by atoms with Gasteiger partial charge in [-0.1, -0.05) is 0 Å². The smallest absolute Gasteiger partial charge is 0.340 e. The van der Waals surface area contributed by atoms with E-state index in [-0.39, 0.29) is 28.1 Å². The van der Waals surface area contributed by atoms with Crippen molar-refractivity contribution in [2.45, 2.75) is 6.92 Å². The lowest BCUT2D eigenvalue weighted by Gasteiger charge is -2.11. The molecule has 0 fully saturated rings. The maximum atomic E-state index is 13.1. The monoisotopic (exact) mass is 412 g/mol. The molecule has 0 saturated heterocycles. The molecule has 1 aromatic carbocycles. The van der Waals surface area contributed by atoms with Crippen molar-refractivity contribution in [1.82, 2.24) is 9.38 Å². The summed E-state index contributed by atoms with van der Waals surface area (Å²) in [6.07, 6.45) is 1.80. The molecule has 0 unspecified atom stereocenters. The number of rotatable bonds is 2. The maximum absolute atomic E-state index is 13.1. The van der Waals surface area contributed by atoms with Gasteiger partial charge in [-0.05, 0) is 6.92 Å². The Labute approximate surface area is 164 Å². The van der Waals surface area contributed by atoms with Gasteiger partial charge in [0.2, 0.25) is 10.9 Å². The zero-order chi connectivity index (χ0) is 21.9. The Morgan fingerprint density at radius 1 is 1.10 bits per heavy atom. The van der Waals surface area contributed by atoms with Gasteiger partial charge in [-0.15, -0.1) is 0 Å². The van der Waals surface area contributed by atoms with Crippen LogP contribution >= 0.6 is 0 Å². The van der Waals surface area contributed by atoms with Gasteiger partial charge in [-0.2, -0.15) is 0 Å². The van der Waals surface area contributed by atoms with Gasteiger partial charge in [-0.25, -0.2) is 4.79 Å². The zero-order valence-electron chi connectivity index (χ0n) is 15.1. The number of phenolic OH excluding ortho intramolecular Hbond substituents is 1. The molecule has 11 nitrogen and oxygen atoms in total. The van der Waals surface area contributed by atoms with E-state index in [1.807, 2.05) is 0 Å². The summed E-state index contributed by atoms with van der Waals surface area (Å²) in [7, 11) is 0. The largest absolute Gasteiger partial charge is 0.504 e. The zero-order valence-corrected chi connectivity index (χ0v) is 15.1. The van der Waals surface area contributed by atoms with Gasteiger partial charge >= 0.3 is 5.97 Å². The first-order valence-corrected chi connectivity index (χ1v) is 8.34. The summed E-state index contributed by atoms with van der Waals surface area (Å²) in [5, 5.41) is 38.1. The molecule has 0 spiro atoms. The van der Waals surface area contributed by atoms with Crippen LogP contribution in [0, 0.1) is 6.92 Å². The number of carboxylic acid groups (broad SMARTS) is 1. The van der Waals surface area contributed by atoms with Crippen molar-refractivity contribution >= 4 is 22.6 Å². The van der Waals surface area contributed by atoms with Gasteiger partial charge in [0, 0.05) is 17.8 Å². The van der Waals surface area contributed by atoms with E-state index in [1.54, 1.807) is 0 Å². The summed E-state index contributed by atoms with van der Waals surface area (Å²) in [5.41, 5.74) is -3.95. The summed E-state index contributed by atoms with van der Waals surface area (Å²) in [6, 6.07) is 1.88. The van der Waals surface area contributed by atoms with Crippen LogP contribution in [0.3, 0.4) is 0 Å². The Balaban J connectivity index is 2.17. The molecule has 0 aliphatic rings. The van der Waals surface area contributed by atoms with Crippen LogP contribution in [0.25, 0.3) is 27.7 Å². The van der Waals surface area contributed by atoms with Crippen molar-refractivity contribution in [3.05, 3.63) is 66.7 Å². The standard InChI is InChI=1S/C19H12N2O9/c1-6-13(18(27)21-4-10(24)8(22)3-12(21)20-6)7-5-30-11-2-9(23)17(26)15(19(28)29)14(11)16(7)25/h2-5,20,23-24,26H,1H3,(H,28,29). The van der Waals surface area contributed by atoms with Gasteiger partial charge < -0.3 is 29.8 Å². The predicted molar refractivity (Wildman–Crippen MR) is 102 cm³/mol. The van der Waals surface area contributed by atoms with Crippen LogP contribution in [0.1, 0.15) is 16.1 Å². The molecule has 0 amide bonds. The molecular weight excluding hydrogens is 400 g/mol. The van der Waals surface area contributed by atoms with E-state index in [4.69, 9.17) is 4.42 Å². The highest BCUT2D eigenvalue weighted by Crippen LogP contribution is 2.35. The maximum Gasteiger partial charge on any atom is 0.340 e. The predicted octanol–water partition coefficient (Wildman–Crippen LogP) is 0.885. The minimum Gasteiger partial charge on any atom is -0.504 e. The molecule has 0 saturated carbocycles. The molecule has 0 atom stereocenters. The summed E-state index contributed by atoms with van der Waals surface area (Å²) >= 11 is 0. The second kappa shape index (κ2) is 6.24. The van der Waals surface area contributed by atoms with Gasteiger partial charge in [0.1, 0.15) is 23.1 Å². The third kappa shape index (κ3) is 2.53. The summed E-state index contributed by atoms with van der Waals surface area (Å²) in [5.74, 6) is -4.20. The highest BCUT2D eigenvalue weighted by molar-refractivity contribution is 6.06. The number of aromatic hydroxyl groups is 3. The van der Waals surface area contributed by atoms with Gasteiger partial charge in [-0.3, -0.25) is 18.8 Å². The van der Waals surface area contributed by atoms with Gasteiger partial charge in [0.25, 0.3) is 5.56 Å². The Bertz CT molecular complexity index is 1570. The molecular formula is C19H12N2O9. The molecule has 152 valence electrons. The van der Waals surface area contributed by atoms with E-state index in [0.29, 0.717) is 0 Å². The van der Waals surface area contributed by atoms with Crippen LogP contribution in [0.5, 0.6) is 17.2 Å². The number of benzene rings is 1. The molecule has 4 rings (SSSR count). The first-order chi connectivity index (χ1) is 14.1. The van der Waals surface area contributed by atoms with E-state index >= 15 is 0 Å². The molecule has 0 radical (unpaired) electrons. The number of carbonyl (C=O) groups is 1. The highest BCUT2D eigenvalue weighted by Gasteiger charge is 2.25. The number of hydrogen-bond acceptors (Lipinski definition) is 8. The highest BCUT2D eigenvalue weighted by atomic mass is 16.4. The number of nitrogens with one attached hydrogen (secondary N) is 1.